The van der Waals surface area contributed by atoms with Gasteiger partial charge in [-0.25, -0.2) is 4.79 Å². The fraction of sp³-hybridized carbons (Fsp3) is 0.368. The number of amides is 1. The van der Waals surface area contributed by atoms with E-state index in [1.807, 2.05) is 64.1 Å². The number of hydrogen-bond donors (Lipinski definition) is 1. The highest BCUT2D eigenvalue weighted by Gasteiger charge is 2.14. The van der Waals surface area contributed by atoms with Gasteiger partial charge in [-0.05, 0) is 107 Å². The van der Waals surface area contributed by atoms with Crippen molar-refractivity contribution >= 4 is 28.9 Å². The predicted octanol–water partition coefficient (Wildman–Crippen LogP) is 6.32. The normalized spacial score (nSPS) is 11.2. The number of esters is 1. The zero-order valence-electron chi connectivity index (χ0n) is 29.3. The van der Waals surface area contributed by atoms with Gasteiger partial charge in [0.1, 0.15) is 4.88 Å². The molecule has 4 aromatic rings. The molecular weight excluding hydrogens is 658 g/mol. The zero-order valence-corrected chi connectivity index (χ0v) is 30.1. The Morgan fingerprint density at radius 3 is 1.82 bits per heavy atom. The van der Waals surface area contributed by atoms with Gasteiger partial charge in [-0.15, -0.1) is 0 Å². The largest absolute Gasteiger partial charge is 0.490 e. The molecule has 4 rings (SSSR count). The van der Waals surface area contributed by atoms with Gasteiger partial charge in [0.2, 0.25) is 0 Å². The molecule has 266 valence electrons. The van der Waals surface area contributed by atoms with Gasteiger partial charge in [0, 0.05) is 24.8 Å². The van der Waals surface area contributed by atoms with Crippen LogP contribution < -0.4 is 34.6 Å². The maximum atomic E-state index is 13.6. The van der Waals surface area contributed by atoms with Crippen molar-refractivity contribution in [3.63, 3.8) is 0 Å². The lowest BCUT2D eigenvalue weighted by molar-refractivity contribution is 0.0526. The Kier molecular flexibility index (Phi) is 14.5. The van der Waals surface area contributed by atoms with E-state index in [4.69, 9.17) is 28.7 Å². The Labute approximate surface area is 296 Å². The standard InChI is InChI=1S/C38H45N3O8S/c1-6-45-30-17-11-26(23-32(30)47-8-3)19-21-39-38-41(22-20-27-12-18-31(46-7-2)33(24-27)48-9-4)35(42)25-34(50-38)36(43)40-29-15-13-28(14-16-29)37(44)49-10-5/h11-18,23-25H,6-10,19-22H2,1-5H3,(H,40,43). The molecule has 50 heavy (non-hydrogen) atoms. The van der Waals surface area contributed by atoms with Gasteiger partial charge in [0.25, 0.3) is 11.5 Å². The minimum Gasteiger partial charge on any atom is -0.490 e. The summed E-state index contributed by atoms with van der Waals surface area (Å²) in [5, 5.41) is 2.82. The second kappa shape index (κ2) is 19.2. The van der Waals surface area contributed by atoms with Crippen LogP contribution in [0.1, 0.15) is 65.8 Å². The van der Waals surface area contributed by atoms with E-state index in [2.05, 4.69) is 5.32 Å². The fourth-order valence-corrected chi connectivity index (χ4v) is 5.97. The molecule has 1 aromatic heterocycles. The highest BCUT2D eigenvalue weighted by Crippen LogP contribution is 2.30. The Hall–Kier alpha value is -5.10. The molecule has 0 unspecified atom stereocenters. The van der Waals surface area contributed by atoms with Crippen molar-refractivity contribution in [1.82, 2.24) is 4.57 Å². The molecule has 0 aliphatic rings. The maximum Gasteiger partial charge on any atom is 0.338 e. The molecule has 0 saturated heterocycles. The van der Waals surface area contributed by atoms with Gasteiger partial charge in [-0.3, -0.25) is 19.1 Å². The number of carbonyl (C=O) groups excluding carboxylic acids is 2. The van der Waals surface area contributed by atoms with Crippen LogP contribution in [0.2, 0.25) is 0 Å². The summed E-state index contributed by atoms with van der Waals surface area (Å²) in [7, 11) is 0. The van der Waals surface area contributed by atoms with Crippen LogP contribution in [0.5, 0.6) is 23.0 Å². The summed E-state index contributed by atoms with van der Waals surface area (Å²) >= 11 is 1.14. The van der Waals surface area contributed by atoms with Gasteiger partial charge >= 0.3 is 5.97 Å². The fourth-order valence-electron chi connectivity index (χ4n) is 5.02. The first kappa shape index (κ1) is 37.7. The van der Waals surface area contributed by atoms with E-state index in [-0.39, 0.29) is 17.0 Å². The van der Waals surface area contributed by atoms with Crippen molar-refractivity contribution < 1.29 is 33.3 Å². The van der Waals surface area contributed by atoms with Crippen LogP contribution >= 0.6 is 11.3 Å². The summed E-state index contributed by atoms with van der Waals surface area (Å²) < 4.78 is 29.6. The minimum absolute atomic E-state index is 0.207. The molecule has 0 saturated carbocycles. The van der Waals surface area contributed by atoms with Crippen molar-refractivity contribution in [2.45, 2.75) is 54.0 Å². The predicted molar refractivity (Wildman–Crippen MR) is 194 cm³/mol. The molecule has 0 spiro atoms. The average Bonchev–Trinajstić information content (AvgIpc) is 3.10. The third-order valence-corrected chi connectivity index (χ3v) is 8.37. The minimum atomic E-state index is -0.458. The van der Waals surface area contributed by atoms with Crippen LogP contribution in [-0.2, 0) is 24.1 Å². The number of hydrogen-bond acceptors (Lipinski definition) is 10. The summed E-state index contributed by atoms with van der Waals surface area (Å²) in [5.74, 6) is 1.77. The van der Waals surface area contributed by atoms with Crippen LogP contribution in [0, 0.1) is 0 Å². The highest BCUT2D eigenvalue weighted by molar-refractivity contribution is 7.11. The first-order valence-corrected chi connectivity index (χ1v) is 17.7. The van der Waals surface area contributed by atoms with Gasteiger partial charge in [-0.1, -0.05) is 23.5 Å². The number of ether oxygens (including phenoxy) is 5. The Morgan fingerprint density at radius 2 is 1.26 bits per heavy atom. The Morgan fingerprint density at radius 1 is 0.700 bits per heavy atom. The molecule has 1 heterocycles. The van der Waals surface area contributed by atoms with E-state index in [0.717, 1.165) is 22.5 Å². The van der Waals surface area contributed by atoms with Crippen molar-refractivity contribution in [2.75, 3.05) is 44.9 Å². The SMILES string of the molecule is CCOC(=O)c1ccc(NC(=O)c2cc(=O)n(CCc3ccc(OCC)c(OCC)c3)c(=NCCc3ccc(OCC)c(OCC)c3)s2)cc1. The van der Waals surface area contributed by atoms with Gasteiger partial charge < -0.3 is 29.0 Å². The van der Waals surface area contributed by atoms with E-state index in [1.54, 1.807) is 35.8 Å². The summed E-state index contributed by atoms with van der Waals surface area (Å²) in [6, 6.07) is 19.3. The number of anilines is 1. The van der Waals surface area contributed by atoms with Gasteiger partial charge in [-0.2, -0.15) is 0 Å². The number of aromatic nitrogens is 1. The smallest absolute Gasteiger partial charge is 0.338 e. The van der Waals surface area contributed by atoms with E-state index >= 15 is 0 Å². The Bertz CT molecular complexity index is 1870. The molecular formula is C38H45N3O8S. The number of rotatable bonds is 18. The molecule has 12 heteroatoms. The summed E-state index contributed by atoms with van der Waals surface area (Å²) in [6.45, 7) is 12.4. The second-order valence-electron chi connectivity index (χ2n) is 10.8. The van der Waals surface area contributed by atoms with Crippen molar-refractivity contribution in [1.29, 1.82) is 0 Å². The maximum absolute atomic E-state index is 13.6. The third-order valence-electron chi connectivity index (χ3n) is 7.32. The van der Waals surface area contributed by atoms with Crippen LogP contribution in [0.3, 0.4) is 0 Å². The molecule has 0 aliphatic carbocycles. The quantitative estimate of drug-likeness (QED) is 0.119. The lowest BCUT2D eigenvalue weighted by atomic mass is 10.1. The van der Waals surface area contributed by atoms with E-state index in [1.165, 1.54) is 6.07 Å². The van der Waals surface area contributed by atoms with Crippen molar-refractivity contribution in [2.24, 2.45) is 4.99 Å². The summed E-state index contributed by atoms with van der Waals surface area (Å²) in [5.41, 5.74) is 2.46. The molecule has 0 aliphatic heterocycles. The molecule has 11 nitrogen and oxygen atoms in total. The summed E-state index contributed by atoms with van der Waals surface area (Å²) in [6.07, 6.45) is 1.10. The first-order chi connectivity index (χ1) is 24.3. The van der Waals surface area contributed by atoms with Gasteiger partial charge in [0.15, 0.2) is 27.8 Å². The van der Waals surface area contributed by atoms with Crippen LogP contribution in [-0.4, -0.2) is 56.0 Å². The van der Waals surface area contributed by atoms with E-state index in [0.29, 0.717) is 91.4 Å². The number of aryl methyl sites for hydroxylation is 1. The highest BCUT2D eigenvalue weighted by atomic mass is 32.1. The molecule has 0 radical (unpaired) electrons. The number of benzene rings is 3. The third kappa shape index (κ3) is 10.4. The van der Waals surface area contributed by atoms with Gasteiger partial charge in [0.05, 0.1) is 38.6 Å². The molecule has 0 atom stereocenters. The summed E-state index contributed by atoms with van der Waals surface area (Å²) in [4.78, 5) is 44.4. The van der Waals surface area contributed by atoms with Crippen molar-refractivity contribution in [3.8, 4) is 23.0 Å². The molecule has 0 bridgehead atoms. The van der Waals surface area contributed by atoms with E-state index in [9.17, 15) is 14.4 Å². The zero-order chi connectivity index (χ0) is 35.9. The van der Waals surface area contributed by atoms with Crippen molar-refractivity contribution in [3.05, 3.63) is 103 Å². The topological polar surface area (TPSA) is 127 Å². The van der Waals surface area contributed by atoms with Crippen LogP contribution in [0.25, 0.3) is 0 Å². The number of carbonyl (C=O) groups is 2. The second-order valence-corrected chi connectivity index (χ2v) is 11.8. The molecule has 1 N–H and O–H groups in total. The Balaban J connectivity index is 1.62. The van der Waals surface area contributed by atoms with Crippen LogP contribution in [0.4, 0.5) is 5.69 Å². The first-order valence-electron chi connectivity index (χ1n) is 16.9. The number of nitrogens with zero attached hydrogens (tertiary/aromatic N) is 2. The molecule has 0 fully saturated rings. The van der Waals surface area contributed by atoms with Crippen LogP contribution in [0.15, 0.2) is 76.5 Å². The lowest BCUT2D eigenvalue weighted by Gasteiger charge is -2.13. The van der Waals surface area contributed by atoms with E-state index < -0.39 is 11.9 Å². The number of nitrogens with one attached hydrogen (secondary N) is 1. The molecule has 1 amide bonds. The monoisotopic (exact) mass is 703 g/mol. The molecule has 3 aromatic carbocycles. The lowest BCUT2D eigenvalue weighted by Crippen LogP contribution is -2.34. The average molecular weight is 704 g/mol.